The summed E-state index contributed by atoms with van der Waals surface area (Å²) in [6.45, 7) is 3.07. The number of rotatable bonds is 5. The van der Waals surface area contributed by atoms with Gasteiger partial charge in [0.1, 0.15) is 6.10 Å². The van der Waals surface area contributed by atoms with Crippen LogP contribution in [0, 0.1) is 5.92 Å². The van der Waals surface area contributed by atoms with Gasteiger partial charge in [0.25, 0.3) is 0 Å². The van der Waals surface area contributed by atoms with Crippen LogP contribution in [0.5, 0.6) is 11.5 Å². The molecule has 1 fully saturated rings. The van der Waals surface area contributed by atoms with Crippen LogP contribution in [0.4, 0.5) is 0 Å². The number of ether oxygens (including phenoxy) is 2. The third-order valence-electron chi connectivity index (χ3n) is 9.72. The van der Waals surface area contributed by atoms with Crippen LogP contribution in [-0.4, -0.2) is 51.2 Å². The van der Waals surface area contributed by atoms with E-state index in [1.165, 1.54) is 18.1 Å². The van der Waals surface area contributed by atoms with E-state index in [9.17, 15) is 9.90 Å². The summed E-state index contributed by atoms with van der Waals surface area (Å²) in [5.41, 5.74) is 4.25. The van der Waals surface area contributed by atoms with Crippen molar-refractivity contribution < 1.29 is 19.4 Å². The Morgan fingerprint density at radius 3 is 2.73 bits per heavy atom. The number of aliphatic hydroxyl groups is 1. The highest BCUT2D eigenvalue weighted by molar-refractivity contribution is 8.01. The highest BCUT2D eigenvalue weighted by Crippen LogP contribution is 2.70. The van der Waals surface area contributed by atoms with Gasteiger partial charge in [0.05, 0.1) is 5.41 Å². The van der Waals surface area contributed by atoms with Crippen LogP contribution in [0.25, 0.3) is 10.9 Å². The maximum Gasteiger partial charge on any atom is 0.308 e. The third kappa shape index (κ3) is 3.43. The number of carbonyl (C=O) groups excluding carboxylic acids is 1. The summed E-state index contributed by atoms with van der Waals surface area (Å²) in [6, 6.07) is 23.2. The summed E-state index contributed by atoms with van der Waals surface area (Å²) in [7, 11) is 2.21. The molecule has 208 valence electrons. The number of hydrogen-bond donors (Lipinski definition) is 1. The van der Waals surface area contributed by atoms with Gasteiger partial charge in [0.15, 0.2) is 16.4 Å². The van der Waals surface area contributed by atoms with Gasteiger partial charge in [-0.3, -0.25) is 4.79 Å². The van der Waals surface area contributed by atoms with Crippen molar-refractivity contribution in [2.24, 2.45) is 5.92 Å². The molecule has 3 heterocycles. The molecule has 5 atom stereocenters. The lowest BCUT2D eigenvalue weighted by atomic mass is 9.53. The molecule has 1 saturated heterocycles. The fraction of sp³-hybridized carbons (Fsp3) is 0.324. The van der Waals surface area contributed by atoms with Crippen molar-refractivity contribution in [3.63, 3.8) is 0 Å². The lowest BCUT2D eigenvalue weighted by Crippen LogP contribution is -2.69. The predicted octanol–water partition coefficient (Wildman–Crippen LogP) is 5.54. The van der Waals surface area contributed by atoms with Crippen LogP contribution in [-0.2, 0) is 23.2 Å². The highest BCUT2D eigenvalue weighted by atomic mass is 32.2. The predicted molar refractivity (Wildman–Crippen MR) is 160 cm³/mol. The molecule has 1 N–H and O–H groups in total. The van der Waals surface area contributed by atoms with E-state index in [2.05, 4.69) is 83.4 Å². The number of para-hydroxylation sites is 1. The molecule has 2 aliphatic carbocycles. The van der Waals surface area contributed by atoms with Crippen LogP contribution in [0.2, 0.25) is 0 Å². The first-order valence-electron chi connectivity index (χ1n) is 14.3. The average molecular weight is 565 g/mol. The number of thioether (sulfide) groups is 1. The van der Waals surface area contributed by atoms with Crippen LogP contribution in [0.1, 0.15) is 30.0 Å². The third-order valence-corrected chi connectivity index (χ3v) is 11.3. The van der Waals surface area contributed by atoms with Crippen molar-refractivity contribution in [1.82, 2.24) is 9.47 Å². The van der Waals surface area contributed by atoms with Crippen molar-refractivity contribution in [3.05, 3.63) is 102 Å². The number of likely N-dealkylation sites (tertiary alicyclic amines) is 1. The summed E-state index contributed by atoms with van der Waals surface area (Å²) >= 11 is 1.64. The lowest BCUT2D eigenvalue weighted by molar-refractivity contribution is -0.132. The largest absolute Gasteiger partial charge is 0.468 e. The smallest absolute Gasteiger partial charge is 0.308 e. The Labute approximate surface area is 243 Å². The first-order chi connectivity index (χ1) is 19.9. The molecule has 7 heteroatoms. The Hall–Kier alpha value is -3.52. The fourth-order valence-electron chi connectivity index (χ4n) is 8.02. The molecule has 0 amide bonds. The van der Waals surface area contributed by atoms with E-state index in [1.54, 1.807) is 11.8 Å². The summed E-state index contributed by atoms with van der Waals surface area (Å²) in [6.07, 6.45) is 7.25. The minimum absolute atomic E-state index is 0.163. The van der Waals surface area contributed by atoms with Gasteiger partial charge < -0.3 is 24.0 Å². The molecule has 0 unspecified atom stereocenters. The van der Waals surface area contributed by atoms with E-state index < -0.39 is 16.5 Å². The molecule has 6 nitrogen and oxygen atoms in total. The molecule has 3 aromatic carbocycles. The minimum Gasteiger partial charge on any atom is -0.468 e. The zero-order chi connectivity index (χ0) is 27.9. The number of fused-ring (bicyclic) bond motifs is 1. The summed E-state index contributed by atoms with van der Waals surface area (Å²) in [5, 5.41) is 13.1. The van der Waals surface area contributed by atoms with E-state index in [0.717, 1.165) is 47.3 Å². The first kappa shape index (κ1) is 25.2. The van der Waals surface area contributed by atoms with Gasteiger partial charge >= 0.3 is 5.97 Å². The zero-order valence-electron chi connectivity index (χ0n) is 23.1. The summed E-state index contributed by atoms with van der Waals surface area (Å²) in [4.78, 5) is 14.6. The van der Waals surface area contributed by atoms with E-state index in [4.69, 9.17) is 9.47 Å². The molecule has 2 aliphatic heterocycles. The minimum atomic E-state index is -1.01. The number of aliphatic hydroxyl groups excluding tert-OH is 1. The van der Waals surface area contributed by atoms with E-state index in [0.29, 0.717) is 17.5 Å². The summed E-state index contributed by atoms with van der Waals surface area (Å²) in [5.74, 6) is 0.843. The number of aromatic nitrogens is 1. The number of esters is 1. The van der Waals surface area contributed by atoms with Crippen molar-refractivity contribution >= 4 is 28.6 Å². The molecule has 0 radical (unpaired) electrons. The van der Waals surface area contributed by atoms with Crippen molar-refractivity contribution in [2.45, 2.75) is 53.7 Å². The Balaban J connectivity index is 1.32. The lowest BCUT2D eigenvalue weighted by Gasteiger charge is -2.60. The van der Waals surface area contributed by atoms with Crippen LogP contribution < -0.4 is 9.47 Å². The van der Waals surface area contributed by atoms with Crippen molar-refractivity contribution in [1.29, 1.82) is 0 Å². The molecule has 1 spiro atoms. The Kier molecular flexibility index (Phi) is 5.53. The zero-order valence-corrected chi connectivity index (χ0v) is 23.9. The second-order valence-corrected chi connectivity index (χ2v) is 13.1. The van der Waals surface area contributed by atoms with Crippen LogP contribution in [0.3, 0.4) is 0 Å². The molecule has 2 bridgehead atoms. The Bertz CT molecular complexity index is 1730. The summed E-state index contributed by atoms with van der Waals surface area (Å²) < 4.78 is 15.1. The van der Waals surface area contributed by atoms with Gasteiger partial charge in [-0.2, -0.15) is 0 Å². The van der Waals surface area contributed by atoms with Crippen LogP contribution >= 0.6 is 11.8 Å². The van der Waals surface area contributed by atoms with E-state index >= 15 is 0 Å². The van der Waals surface area contributed by atoms with Crippen LogP contribution in [0.15, 0.2) is 90.0 Å². The normalized spacial score (nSPS) is 29.3. The molecule has 41 heavy (non-hydrogen) atoms. The van der Waals surface area contributed by atoms with Gasteiger partial charge in [0.2, 0.25) is 0 Å². The number of nitrogens with zero attached hydrogens (tertiary/aromatic N) is 2. The number of hydrogen-bond acceptors (Lipinski definition) is 6. The first-order valence-corrected chi connectivity index (χ1v) is 15.1. The average Bonchev–Trinajstić information content (AvgIpc) is 3.46. The topological polar surface area (TPSA) is 63.9 Å². The van der Waals surface area contributed by atoms with Crippen molar-refractivity contribution in [2.75, 3.05) is 13.6 Å². The van der Waals surface area contributed by atoms with Gasteiger partial charge in [-0.25, -0.2) is 0 Å². The number of carbonyl (C=O) groups is 1. The highest BCUT2D eigenvalue weighted by Gasteiger charge is 2.73. The maximum absolute atomic E-state index is 12.1. The van der Waals surface area contributed by atoms with E-state index in [-0.39, 0.29) is 11.9 Å². The molecule has 4 aromatic rings. The van der Waals surface area contributed by atoms with E-state index in [1.807, 2.05) is 18.2 Å². The van der Waals surface area contributed by atoms with Gasteiger partial charge in [0, 0.05) is 53.0 Å². The SMILES string of the molecule is CC(=O)Oc1ccc2c3c1O[C@@]1(Sc4cn(Cc5ccccc5)c5ccccc45)[C@@H](O)C=C[C@H]4[C@@H](C2)N(C)CC[C@@]341. The fourth-order valence-corrected chi connectivity index (χ4v) is 9.66. The Morgan fingerprint density at radius 2 is 1.90 bits per heavy atom. The second-order valence-electron chi connectivity index (χ2n) is 11.8. The molecular weight excluding hydrogens is 532 g/mol. The molecule has 8 rings (SSSR count). The van der Waals surface area contributed by atoms with Crippen molar-refractivity contribution in [3.8, 4) is 11.5 Å². The quantitative estimate of drug-likeness (QED) is 0.195. The maximum atomic E-state index is 12.1. The molecule has 1 aromatic heterocycles. The monoisotopic (exact) mass is 564 g/mol. The van der Waals surface area contributed by atoms with Gasteiger partial charge in [-0.15, -0.1) is 0 Å². The number of likely N-dealkylation sites (N-methyl/N-ethyl adjacent to an activating group) is 1. The number of benzene rings is 3. The Morgan fingerprint density at radius 1 is 1.10 bits per heavy atom. The number of piperidine rings is 1. The second kappa shape index (κ2) is 8.99. The van der Waals surface area contributed by atoms with Gasteiger partial charge in [-0.1, -0.05) is 78.5 Å². The standard InChI is InChI=1S/C34H32N2O4S/c1-21(37)39-28-14-12-23-18-27-25-13-15-30(38)34(33(25,16-17-35(27)2)31(23)32(28)40-34)41-29-20-36(19-22-8-4-3-5-9-22)26-11-7-6-10-24(26)29/h3-15,20,25,27,30,38H,16-19H2,1-2H3/t25-,27+,30-,33-,34+/m0/s1. The van der Waals surface area contributed by atoms with Gasteiger partial charge in [-0.05, 0) is 49.7 Å². The molecular formula is C34H32N2O4S. The molecule has 4 aliphatic rings. The molecule has 0 saturated carbocycles.